The third-order valence-electron chi connectivity index (χ3n) is 5.84. The number of hydrogen-bond acceptors (Lipinski definition) is 8. The van der Waals surface area contributed by atoms with Crippen molar-refractivity contribution in [1.82, 2.24) is 15.6 Å². The Bertz CT molecular complexity index is 1550. The minimum atomic E-state index is -4.11. The van der Waals surface area contributed by atoms with Crippen molar-refractivity contribution in [2.75, 3.05) is 17.2 Å². The molecule has 0 saturated carbocycles. The molecule has 38 heavy (non-hydrogen) atoms. The fourth-order valence-electron chi connectivity index (χ4n) is 4.14. The number of aliphatic carboxylic acids is 1. The molecule has 13 heteroatoms. The second kappa shape index (κ2) is 10.8. The van der Waals surface area contributed by atoms with Crippen molar-refractivity contribution >= 4 is 56.3 Å². The highest BCUT2D eigenvalue weighted by molar-refractivity contribution is 7.91. The van der Waals surface area contributed by atoms with Crippen molar-refractivity contribution in [3.8, 4) is 0 Å². The molecule has 1 aliphatic heterocycles. The highest BCUT2D eigenvalue weighted by Gasteiger charge is 2.39. The summed E-state index contributed by atoms with van der Waals surface area (Å²) in [4.78, 5) is 66.3. The second-order valence-electron chi connectivity index (χ2n) is 8.49. The van der Waals surface area contributed by atoms with Crippen LogP contribution in [0.4, 0.5) is 5.69 Å². The minimum absolute atomic E-state index is 0.0122. The Labute approximate surface area is 216 Å². The van der Waals surface area contributed by atoms with Gasteiger partial charge in [-0.3, -0.25) is 29.1 Å². The van der Waals surface area contributed by atoms with Crippen LogP contribution in [-0.2, 0) is 29.0 Å². The first-order valence-corrected chi connectivity index (χ1v) is 13.0. The number of aldehydes is 1. The summed E-state index contributed by atoms with van der Waals surface area (Å²) in [5.41, 5.74) is -0.101. The lowest BCUT2D eigenvalue weighted by molar-refractivity contribution is -0.138. The van der Waals surface area contributed by atoms with E-state index in [9.17, 15) is 32.4 Å². The standard InChI is InChI=1S/C25H22N4O8S/c30-13-16(11-22(32)33)27-21(31)12-29-19-7-3-4-8-20(19)38(36,37)14-18(25(29)35)28-24(34)23-17-6-2-1-5-15(17)9-10-26-23/h1-10,13,16,18H,11-12,14H2,(H,27,31)(H,28,34)(H,32,33)/t16-,18-/m0/s1. The van der Waals surface area contributed by atoms with E-state index in [1.807, 2.05) is 0 Å². The summed E-state index contributed by atoms with van der Waals surface area (Å²) in [6.07, 6.45) is 0.982. The van der Waals surface area contributed by atoms with Gasteiger partial charge in [0.15, 0.2) is 9.84 Å². The summed E-state index contributed by atoms with van der Waals surface area (Å²) in [5.74, 6) is -4.66. The number of carboxylic acids is 1. The Balaban J connectivity index is 1.66. The molecule has 2 atom stereocenters. The van der Waals surface area contributed by atoms with Gasteiger partial charge in [-0.05, 0) is 23.6 Å². The average molecular weight is 539 g/mol. The zero-order valence-electron chi connectivity index (χ0n) is 19.7. The Hall–Kier alpha value is -4.65. The van der Waals surface area contributed by atoms with Gasteiger partial charge < -0.3 is 20.5 Å². The molecular formula is C25H22N4O8S. The molecule has 0 unspecified atom stereocenters. The van der Waals surface area contributed by atoms with Gasteiger partial charge >= 0.3 is 5.97 Å². The molecule has 4 rings (SSSR count). The molecule has 0 saturated heterocycles. The van der Waals surface area contributed by atoms with Crippen LogP contribution in [0.5, 0.6) is 0 Å². The van der Waals surface area contributed by atoms with Gasteiger partial charge in [0.2, 0.25) is 5.91 Å². The summed E-state index contributed by atoms with van der Waals surface area (Å²) in [6.45, 7) is -0.728. The van der Waals surface area contributed by atoms with Crippen LogP contribution < -0.4 is 15.5 Å². The van der Waals surface area contributed by atoms with Gasteiger partial charge in [0.1, 0.15) is 24.6 Å². The van der Waals surface area contributed by atoms with E-state index in [0.717, 1.165) is 4.90 Å². The van der Waals surface area contributed by atoms with Crippen molar-refractivity contribution in [3.05, 3.63) is 66.5 Å². The number of fused-ring (bicyclic) bond motifs is 2. The lowest BCUT2D eigenvalue weighted by Gasteiger charge is -2.25. The molecular weight excluding hydrogens is 516 g/mol. The van der Waals surface area contributed by atoms with Gasteiger partial charge in [0.05, 0.1) is 28.8 Å². The summed E-state index contributed by atoms with van der Waals surface area (Å²) in [5, 5.41) is 14.8. The number of para-hydroxylation sites is 1. The fourth-order valence-corrected chi connectivity index (χ4v) is 5.77. The molecule has 3 amide bonds. The molecule has 0 radical (unpaired) electrons. The largest absolute Gasteiger partial charge is 0.481 e. The monoisotopic (exact) mass is 538 g/mol. The minimum Gasteiger partial charge on any atom is -0.481 e. The predicted molar refractivity (Wildman–Crippen MR) is 134 cm³/mol. The summed E-state index contributed by atoms with van der Waals surface area (Å²) in [7, 11) is -4.11. The molecule has 3 N–H and O–H groups in total. The predicted octanol–water partition coefficient (Wildman–Crippen LogP) is 0.312. The number of rotatable bonds is 8. The number of nitrogens with zero attached hydrogens (tertiary/aromatic N) is 2. The van der Waals surface area contributed by atoms with Crippen LogP contribution in [0.1, 0.15) is 16.9 Å². The number of carboxylic acid groups (broad SMARTS) is 1. The molecule has 12 nitrogen and oxygen atoms in total. The topological polar surface area (TPSA) is 180 Å². The normalized spacial score (nSPS) is 17.1. The number of sulfone groups is 1. The van der Waals surface area contributed by atoms with Gasteiger partial charge in [-0.25, -0.2) is 8.42 Å². The van der Waals surface area contributed by atoms with Crippen LogP contribution >= 0.6 is 0 Å². The number of benzene rings is 2. The first-order valence-electron chi connectivity index (χ1n) is 11.3. The number of aromatic nitrogens is 1. The van der Waals surface area contributed by atoms with Crippen LogP contribution in [0.2, 0.25) is 0 Å². The Kier molecular flexibility index (Phi) is 7.48. The molecule has 0 spiro atoms. The molecule has 1 aromatic heterocycles. The van der Waals surface area contributed by atoms with Crippen molar-refractivity contribution in [2.24, 2.45) is 0 Å². The smallest absolute Gasteiger partial charge is 0.305 e. The molecule has 0 bridgehead atoms. The maximum absolute atomic E-state index is 13.6. The number of carbonyl (C=O) groups is 5. The van der Waals surface area contributed by atoms with Crippen LogP contribution in [0.25, 0.3) is 10.8 Å². The van der Waals surface area contributed by atoms with Gasteiger partial charge in [0.25, 0.3) is 11.8 Å². The van der Waals surface area contributed by atoms with Gasteiger partial charge in [-0.15, -0.1) is 0 Å². The molecule has 2 heterocycles. The Morgan fingerprint density at radius 1 is 1.11 bits per heavy atom. The molecule has 196 valence electrons. The maximum Gasteiger partial charge on any atom is 0.305 e. The SMILES string of the molecule is O=C[C@H](CC(=O)O)NC(=O)CN1C(=O)[C@@H](NC(=O)c2nccc3ccccc23)CS(=O)(=O)c2ccccc21. The number of nitrogens with one attached hydrogen (secondary N) is 2. The van der Waals surface area contributed by atoms with Crippen LogP contribution in [0.15, 0.2) is 65.7 Å². The van der Waals surface area contributed by atoms with Crippen molar-refractivity contribution in [1.29, 1.82) is 0 Å². The number of amides is 3. The number of carbonyl (C=O) groups excluding carboxylic acids is 4. The van der Waals surface area contributed by atoms with E-state index in [1.54, 1.807) is 30.3 Å². The van der Waals surface area contributed by atoms with E-state index in [0.29, 0.717) is 10.8 Å². The first-order chi connectivity index (χ1) is 18.1. The molecule has 1 aliphatic rings. The van der Waals surface area contributed by atoms with E-state index in [2.05, 4.69) is 15.6 Å². The summed E-state index contributed by atoms with van der Waals surface area (Å²) >= 11 is 0. The highest BCUT2D eigenvalue weighted by atomic mass is 32.2. The highest BCUT2D eigenvalue weighted by Crippen LogP contribution is 2.30. The van der Waals surface area contributed by atoms with Crippen LogP contribution in [-0.4, -0.2) is 72.9 Å². The number of pyridine rings is 1. The number of hydrogen-bond donors (Lipinski definition) is 3. The van der Waals surface area contributed by atoms with E-state index in [1.165, 1.54) is 30.5 Å². The molecule has 3 aromatic rings. The van der Waals surface area contributed by atoms with Crippen LogP contribution in [0.3, 0.4) is 0 Å². The Morgan fingerprint density at radius 3 is 2.55 bits per heavy atom. The summed E-state index contributed by atoms with van der Waals surface area (Å²) in [6, 6.07) is 11.2. The van der Waals surface area contributed by atoms with Crippen molar-refractivity contribution in [3.63, 3.8) is 0 Å². The van der Waals surface area contributed by atoms with Gasteiger partial charge in [-0.2, -0.15) is 0 Å². The van der Waals surface area contributed by atoms with Crippen molar-refractivity contribution in [2.45, 2.75) is 23.4 Å². The van der Waals surface area contributed by atoms with E-state index >= 15 is 0 Å². The van der Waals surface area contributed by atoms with Crippen molar-refractivity contribution < 1.29 is 37.5 Å². The second-order valence-corrected chi connectivity index (χ2v) is 10.5. The third kappa shape index (κ3) is 5.52. The molecule has 0 aliphatic carbocycles. The zero-order chi connectivity index (χ0) is 27.4. The van der Waals surface area contributed by atoms with Gasteiger partial charge in [-0.1, -0.05) is 36.4 Å². The lowest BCUT2D eigenvalue weighted by atomic mass is 10.1. The lowest BCUT2D eigenvalue weighted by Crippen LogP contribution is -2.53. The fraction of sp³-hybridized carbons (Fsp3) is 0.200. The third-order valence-corrected chi connectivity index (χ3v) is 7.63. The van der Waals surface area contributed by atoms with Gasteiger partial charge in [0, 0.05) is 11.6 Å². The molecule has 2 aromatic carbocycles. The number of anilines is 1. The average Bonchev–Trinajstić information content (AvgIpc) is 2.96. The maximum atomic E-state index is 13.6. The quantitative estimate of drug-likeness (QED) is 0.340. The first kappa shape index (κ1) is 26.4. The van der Waals surface area contributed by atoms with E-state index in [4.69, 9.17) is 5.11 Å². The van der Waals surface area contributed by atoms with E-state index < -0.39 is 64.3 Å². The van der Waals surface area contributed by atoms with Crippen LogP contribution in [0, 0.1) is 0 Å². The Morgan fingerprint density at radius 2 is 1.82 bits per heavy atom. The zero-order valence-corrected chi connectivity index (χ0v) is 20.6. The van der Waals surface area contributed by atoms with E-state index in [-0.39, 0.29) is 22.6 Å². The summed E-state index contributed by atoms with van der Waals surface area (Å²) < 4.78 is 26.4. The molecule has 0 fully saturated rings.